The number of para-hydroxylation sites is 1. The van der Waals surface area contributed by atoms with Gasteiger partial charge in [0, 0.05) is 6.42 Å². The molecule has 0 spiro atoms. The topological polar surface area (TPSA) is 157 Å². The van der Waals surface area contributed by atoms with Crippen LogP contribution in [0.1, 0.15) is 95.8 Å². The van der Waals surface area contributed by atoms with Crippen LogP contribution >= 0.6 is 0 Å². The van der Waals surface area contributed by atoms with Gasteiger partial charge in [0.25, 0.3) is 5.91 Å². The fourth-order valence-corrected chi connectivity index (χ4v) is 4.60. The van der Waals surface area contributed by atoms with Crippen molar-refractivity contribution in [2.45, 2.75) is 110 Å². The largest absolute Gasteiger partial charge is 0.505 e. The van der Waals surface area contributed by atoms with E-state index in [1.54, 1.807) is 6.92 Å². The van der Waals surface area contributed by atoms with Gasteiger partial charge in [-0.1, -0.05) is 58.4 Å². The number of hydrogen-bond acceptors (Lipinski definition) is 9. The van der Waals surface area contributed by atoms with Crippen LogP contribution in [0.4, 0.5) is 5.69 Å². The Morgan fingerprint density at radius 3 is 2.33 bits per heavy atom. The minimum absolute atomic E-state index is 0.00213. The van der Waals surface area contributed by atoms with E-state index in [9.17, 15) is 29.1 Å². The number of unbranched alkanes of at least 4 members (excludes halogenated alkanes) is 5. The molecule has 222 valence electrons. The number of anilines is 1. The van der Waals surface area contributed by atoms with E-state index in [2.05, 4.69) is 17.6 Å². The SMILES string of the molecule is CCCCCC[C@@H]1C(=O)O[C@@H](C)[C@@H](NC(=O)c2cccc(NC=O)c2O)C(=O)OC(C)[C@H]1OC(=O)CCCCC. The van der Waals surface area contributed by atoms with Crippen molar-refractivity contribution in [3.8, 4) is 5.75 Å². The molecule has 5 atom stereocenters. The molecule has 1 aliphatic heterocycles. The molecule has 1 aliphatic rings. The van der Waals surface area contributed by atoms with Crippen LogP contribution < -0.4 is 10.6 Å². The number of aromatic hydroxyl groups is 1. The highest BCUT2D eigenvalue weighted by Gasteiger charge is 2.43. The molecule has 1 saturated heterocycles. The molecule has 2 rings (SSSR count). The van der Waals surface area contributed by atoms with Crippen LogP contribution in [-0.2, 0) is 33.4 Å². The third-order valence-corrected chi connectivity index (χ3v) is 6.89. The lowest BCUT2D eigenvalue weighted by molar-refractivity contribution is -0.175. The number of nitrogens with one attached hydrogen (secondary N) is 2. The van der Waals surface area contributed by atoms with Crippen LogP contribution in [0.2, 0.25) is 0 Å². The molecule has 1 heterocycles. The Morgan fingerprint density at radius 2 is 1.65 bits per heavy atom. The van der Waals surface area contributed by atoms with Crippen LogP contribution in [0.5, 0.6) is 5.75 Å². The number of hydrogen-bond donors (Lipinski definition) is 3. The van der Waals surface area contributed by atoms with Crippen molar-refractivity contribution in [1.82, 2.24) is 5.32 Å². The standard InChI is InChI=1S/C29H42N2O9/c1-5-7-9-11-13-21-26(40-23(33)16-10-8-6-2)19(4)39-29(37)24(18(3)38-28(21)36)31-27(35)20-14-12-15-22(25(20)34)30-17-32/h12,14-15,17-19,21,24,26,34H,5-11,13,16H2,1-4H3,(H,30,32)(H,31,35)/t18-,19?,21-,24+,26+/m0/s1. The van der Waals surface area contributed by atoms with Crippen molar-refractivity contribution in [3.05, 3.63) is 23.8 Å². The van der Waals surface area contributed by atoms with Crippen LogP contribution in [0.15, 0.2) is 18.2 Å². The zero-order chi connectivity index (χ0) is 29.7. The summed E-state index contributed by atoms with van der Waals surface area (Å²) in [5.74, 6) is -4.23. The first-order valence-corrected chi connectivity index (χ1v) is 14.1. The van der Waals surface area contributed by atoms with Crippen molar-refractivity contribution < 1.29 is 43.3 Å². The van der Waals surface area contributed by atoms with Crippen molar-refractivity contribution in [3.63, 3.8) is 0 Å². The van der Waals surface area contributed by atoms with Gasteiger partial charge in [-0.15, -0.1) is 0 Å². The number of phenolic OH excluding ortho intramolecular Hbond substituents is 1. The number of phenols is 1. The van der Waals surface area contributed by atoms with Crippen LogP contribution in [0, 0.1) is 5.92 Å². The average Bonchev–Trinajstić information content (AvgIpc) is 2.93. The van der Waals surface area contributed by atoms with Gasteiger partial charge < -0.3 is 30.0 Å². The van der Waals surface area contributed by atoms with E-state index < -0.39 is 59.8 Å². The number of rotatable bonds is 14. The number of ether oxygens (including phenoxy) is 3. The summed E-state index contributed by atoms with van der Waals surface area (Å²) in [6.45, 7) is 7.08. The molecule has 0 radical (unpaired) electrons. The van der Waals surface area contributed by atoms with Gasteiger partial charge in [0.1, 0.15) is 12.2 Å². The summed E-state index contributed by atoms with van der Waals surface area (Å²) in [4.78, 5) is 63.1. The van der Waals surface area contributed by atoms with E-state index in [0.29, 0.717) is 25.7 Å². The van der Waals surface area contributed by atoms with E-state index in [1.165, 1.54) is 25.1 Å². The van der Waals surface area contributed by atoms with Crippen LogP contribution in [-0.4, -0.2) is 59.7 Å². The van der Waals surface area contributed by atoms with Crippen molar-refractivity contribution in [2.24, 2.45) is 5.92 Å². The maximum Gasteiger partial charge on any atom is 0.332 e. The zero-order valence-electron chi connectivity index (χ0n) is 23.8. The highest BCUT2D eigenvalue weighted by molar-refractivity contribution is 6.01. The number of cyclic esters (lactones) is 2. The Hall–Kier alpha value is -3.63. The highest BCUT2D eigenvalue weighted by Crippen LogP contribution is 2.29. The third-order valence-electron chi connectivity index (χ3n) is 6.89. The Bertz CT molecular complexity index is 1030. The maximum atomic E-state index is 13.4. The number of esters is 3. The van der Waals surface area contributed by atoms with E-state index in [4.69, 9.17) is 14.2 Å². The average molecular weight is 563 g/mol. The predicted octanol–water partition coefficient (Wildman–Crippen LogP) is 4.01. The summed E-state index contributed by atoms with van der Waals surface area (Å²) in [6, 6.07) is 2.72. The van der Waals surface area contributed by atoms with E-state index in [0.717, 1.165) is 32.1 Å². The van der Waals surface area contributed by atoms with E-state index in [1.807, 2.05) is 6.92 Å². The molecule has 0 aliphatic carbocycles. The summed E-state index contributed by atoms with van der Waals surface area (Å²) in [5, 5.41) is 15.2. The van der Waals surface area contributed by atoms with E-state index >= 15 is 0 Å². The molecule has 1 aromatic rings. The molecule has 3 N–H and O–H groups in total. The first kappa shape index (κ1) is 32.6. The predicted molar refractivity (Wildman–Crippen MR) is 146 cm³/mol. The summed E-state index contributed by atoms with van der Waals surface area (Å²) in [6.07, 6.45) is 3.70. The molecule has 11 nitrogen and oxygen atoms in total. The normalized spacial score (nSPS) is 23.1. The van der Waals surface area contributed by atoms with Gasteiger partial charge in [0.15, 0.2) is 17.9 Å². The van der Waals surface area contributed by atoms with Gasteiger partial charge in [0.05, 0.1) is 17.2 Å². The molecular formula is C29H42N2O9. The monoisotopic (exact) mass is 562 g/mol. The minimum Gasteiger partial charge on any atom is -0.505 e. The smallest absolute Gasteiger partial charge is 0.332 e. The van der Waals surface area contributed by atoms with Crippen molar-refractivity contribution >= 4 is 35.9 Å². The molecule has 11 heteroatoms. The maximum absolute atomic E-state index is 13.4. The molecule has 1 unspecified atom stereocenters. The zero-order valence-corrected chi connectivity index (χ0v) is 23.8. The Kier molecular flexibility index (Phi) is 13.4. The summed E-state index contributed by atoms with van der Waals surface area (Å²) in [5.41, 5.74) is -0.207. The number of carbonyl (C=O) groups excluding carboxylic acids is 5. The fourth-order valence-electron chi connectivity index (χ4n) is 4.60. The van der Waals surface area contributed by atoms with Gasteiger partial charge in [-0.3, -0.25) is 19.2 Å². The molecule has 1 aromatic carbocycles. The third kappa shape index (κ3) is 9.24. The van der Waals surface area contributed by atoms with Gasteiger partial charge >= 0.3 is 17.9 Å². The van der Waals surface area contributed by atoms with Gasteiger partial charge in [0.2, 0.25) is 6.41 Å². The summed E-state index contributed by atoms with van der Waals surface area (Å²) < 4.78 is 17.0. The van der Waals surface area contributed by atoms with Gasteiger partial charge in [-0.25, -0.2) is 4.79 Å². The number of benzene rings is 1. The Labute approximate surface area is 235 Å². The lowest BCUT2D eigenvalue weighted by Gasteiger charge is -2.29. The number of amides is 2. The molecule has 0 saturated carbocycles. The minimum atomic E-state index is -1.42. The highest BCUT2D eigenvalue weighted by atomic mass is 16.6. The molecule has 1 fully saturated rings. The molecular weight excluding hydrogens is 520 g/mol. The van der Waals surface area contributed by atoms with Gasteiger partial charge in [-0.05, 0) is 38.8 Å². The second-order valence-corrected chi connectivity index (χ2v) is 10.1. The molecule has 0 bridgehead atoms. The molecule has 2 amide bonds. The van der Waals surface area contributed by atoms with Crippen molar-refractivity contribution in [1.29, 1.82) is 0 Å². The lowest BCUT2D eigenvalue weighted by atomic mass is 9.92. The Balaban J connectivity index is 2.31. The van der Waals surface area contributed by atoms with Crippen molar-refractivity contribution in [2.75, 3.05) is 5.32 Å². The molecule has 40 heavy (non-hydrogen) atoms. The summed E-state index contributed by atoms with van der Waals surface area (Å²) >= 11 is 0. The number of carbonyl (C=O) groups is 5. The molecule has 0 aromatic heterocycles. The second-order valence-electron chi connectivity index (χ2n) is 10.1. The lowest BCUT2D eigenvalue weighted by Crippen LogP contribution is -2.50. The quantitative estimate of drug-likeness (QED) is 0.100. The van der Waals surface area contributed by atoms with Crippen LogP contribution in [0.3, 0.4) is 0 Å². The van der Waals surface area contributed by atoms with Gasteiger partial charge in [-0.2, -0.15) is 0 Å². The van der Waals surface area contributed by atoms with Crippen LogP contribution in [0.25, 0.3) is 0 Å². The fraction of sp³-hybridized carbons (Fsp3) is 0.621. The first-order chi connectivity index (χ1) is 19.1. The Morgan fingerprint density at radius 1 is 0.975 bits per heavy atom. The first-order valence-electron chi connectivity index (χ1n) is 14.1. The second kappa shape index (κ2) is 16.5. The summed E-state index contributed by atoms with van der Waals surface area (Å²) in [7, 11) is 0. The van der Waals surface area contributed by atoms with E-state index in [-0.39, 0.29) is 17.7 Å².